The van der Waals surface area contributed by atoms with Crippen molar-refractivity contribution >= 4 is 33.0 Å². The third kappa shape index (κ3) is 4.97. The molecule has 1 atom stereocenters. The summed E-state index contributed by atoms with van der Waals surface area (Å²) in [5.74, 6) is -1.15. The van der Waals surface area contributed by atoms with Crippen molar-refractivity contribution in [1.82, 2.24) is 4.98 Å². The number of aromatic nitrogens is 1. The van der Waals surface area contributed by atoms with Crippen LogP contribution in [0.4, 0.5) is 5.69 Å². The molecule has 0 saturated heterocycles. The average Bonchev–Trinajstić information content (AvgIpc) is 3.21. The number of fused-ring (bicyclic) bond motifs is 3. The number of benzene rings is 2. The van der Waals surface area contributed by atoms with E-state index in [0.717, 1.165) is 27.8 Å². The van der Waals surface area contributed by atoms with Gasteiger partial charge in [0.15, 0.2) is 6.10 Å². The summed E-state index contributed by atoms with van der Waals surface area (Å²) in [6.45, 7) is 11.1. The lowest BCUT2D eigenvalue weighted by Crippen LogP contribution is -2.34. The molecule has 2 aromatic carbocycles. The van der Waals surface area contributed by atoms with Gasteiger partial charge in [0, 0.05) is 11.1 Å². The number of hydrogen-bond donors (Lipinski definition) is 1. The molecule has 0 unspecified atom stereocenters. The van der Waals surface area contributed by atoms with Crippen LogP contribution in [0.15, 0.2) is 24.3 Å². The smallest absolute Gasteiger partial charge is 0.337 e. The molecule has 0 amide bonds. The van der Waals surface area contributed by atoms with Crippen LogP contribution in [0.25, 0.3) is 22.4 Å². The minimum Gasteiger partial charge on any atom is -0.479 e. The van der Waals surface area contributed by atoms with E-state index in [-0.39, 0.29) is 6.54 Å². The lowest BCUT2D eigenvalue weighted by atomic mass is 9.82. The Hall–Kier alpha value is -2.95. The second kappa shape index (κ2) is 9.41. The van der Waals surface area contributed by atoms with Crippen LogP contribution in [0.3, 0.4) is 0 Å². The van der Waals surface area contributed by atoms with Crippen molar-refractivity contribution in [3.8, 4) is 27.6 Å². The summed E-state index contributed by atoms with van der Waals surface area (Å²) < 4.78 is 39.0. The van der Waals surface area contributed by atoms with E-state index in [9.17, 15) is 18.3 Å². The van der Waals surface area contributed by atoms with E-state index in [2.05, 4.69) is 4.98 Å². The number of ether oxygens (including phenoxy) is 2. The van der Waals surface area contributed by atoms with Crippen LogP contribution in [0.2, 0.25) is 0 Å². The van der Waals surface area contributed by atoms with Crippen LogP contribution < -0.4 is 9.04 Å². The second-order valence-corrected chi connectivity index (χ2v) is 13.3. The predicted molar refractivity (Wildman–Crippen MR) is 146 cm³/mol. The molecular formula is C27H32N2O6S2. The maximum Gasteiger partial charge on any atom is 0.337 e. The maximum absolute atomic E-state index is 13.1. The normalized spacial score (nSPS) is 14.2. The van der Waals surface area contributed by atoms with Crippen LogP contribution >= 0.6 is 11.3 Å². The summed E-state index contributed by atoms with van der Waals surface area (Å²) in [7, 11) is -2.19. The molecule has 1 aromatic heterocycles. The zero-order valence-corrected chi connectivity index (χ0v) is 23.9. The summed E-state index contributed by atoms with van der Waals surface area (Å²) in [5, 5.41) is 10.8. The zero-order valence-electron chi connectivity index (χ0n) is 22.3. The highest BCUT2D eigenvalue weighted by Crippen LogP contribution is 2.52. The van der Waals surface area contributed by atoms with Gasteiger partial charge in [0.2, 0.25) is 10.0 Å². The van der Waals surface area contributed by atoms with Gasteiger partial charge in [-0.15, -0.1) is 0 Å². The van der Waals surface area contributed by atoms with Crippen molar-refractivity contribution in [3.05, 3.63) is 51.4 Å². The Morgan fingerprint density at radius 1 is 1.11 bits per heavy atom. The summed E-state index contributed by atoms with van der Waals surface area (Å²) in [5.41, 5.74) is 5.22. The first-order valence-corrected chi connectivity index (χ1v) is 14.5. The standard InChI is InChI=1S/C27H32N2O6S2/c1-14-9-11-17(12-10-14)19-15(2)21-22-18(36-26(28-22)34-7)13-29(37(8,32)33)23(21)16(3)20(19)24(25(30)31)35-27(4,5)6/h9-12,24H,13H2,1-8H3,(H,30,31)/t24-/m0/s1. The first-order chi connectivity index (χ1) is 17.1. The Morgan fingerprint density at radius 3 is 2.24 bits per heavy atom. The molecule has 0 aliphatic carbocycles. The molecule has 0 bridgehead atoms. The van der Waals surface area contributed by atoms with E-state index in [0.29, 0.717) is 38.8 Å². The third-order valence-corrected chi connectivity index (χ3v) is 8.45. The Morgan fingerprint density at radius 2 is 1.73 bits per heavy atom. The summed E-state index contributed by atoms with van der Waals surface area (Å²) >= 11 is 1.30. The molecule has 8 nitrogen and oxygen atoms in total. The zero-order chi connectivity index (χ0) is 27.4. The highest BCUT2D eigenvalue weighted by atomic mass is 32.2. The van der Waals surface area contributed by atoms with Gasteiger partial charge in [-0.2, -0.15) is 0 Å². The molecule has 37 heavy (non-hydrogen) atoms. The minimum atomic E-state index is -3.72. The molecule has 0 saturated carbocycles. The van der Waals surface area contributed by atoms with Gasteiger partial charge < -0.3 is 14.6 Å². The molecular weight excluding hydrogens is 512 g/mol. The van der Waals surface area contributed by atoms with Gasteiger partial charge in [-0.1, -0.05) is 41.2 Å². The molecule has 0 radical (unpaired) electrons. The minimum absolute atomic E-state index is 0.0870. The van der Waals surface area contributed by atoms with E-state index < -0.39 is 27.7 Å². The summed E-state index contributed by atoms with van der Waals surface area (Å²) in [6.07, 6.45) is -0.170. The number of carboxylic acids is 1. The van der Waals surface area contributed by atoms with Crippen LogP contribution in [0, 0.1) is 20.8 Å². The largest absolute Gasteiger partial charge is 0.479 e. The topological polar surface area (TPSA) is 106 Å². The molecule has 2 heterocycles. The molecule has 1 aliphatic rings. The molecule has 3 aromatic rings. The molecule has 0 fully saturated rings. The van der Waals surface area contributed by atoms with Gasteiger partial charge >= 0.3 is 5.97 Å². The van der Waals surface area contributed by atoms with E-state index in [1.165, 1.54) is 22.8 Å². The predicted octanol–water partition coefficient (Wildman–Crippen LogP) is 5.63. The Labute approximate surface area is 221 Å². The first-order valence-electron chi connectivity index (χ1n) is 11.8. The summed E-state index contributed by atoms with van der Waals surface area (Å²) in [4.78, 5) is 18.1. The third-order valence-electron chi connectivity index (χ3n) is 6.34. The monoisotopic (exact) mass is 544 g/mol. The Kier molecular flexibility index (Phi) is 6.89. The van der Waals surface area contributed by atoms with Gasteiger partial charge in [-0.3, -0.25) is 4.31 Å². The van der Waals surface area contributed by atoms with Gasteiger partial charge in [-0.25, -0.2) is 18.2 Å². The van der Waals surface area contributed by atoms with Crippen LogP contribution in [-0.4, -0.2) is 43.4 Å². The van der Waals surface area contributed by atoms with E-state index >= 15 is 0 Å². The maximum atomic E-state index is 13.1. The van der Waals surface area contributed by atoms with Crippen LogP contribution in [0.5, 0.6) is 5.19 Å². The molecule has 1 N–H and O–H groups in total. The number of carboxylic acid groups (broad SMARTS) is 1. The number of carbonyl (C=O) groups is 1. The van der Waals surface area contributed by atoms with Crippen molar-refractivity contribution in [3.63, 3.8) is 0 Å². The highest BCUT2D eigenvalue weighted by molar-refractivity contribution is 7.92. The van der Waals surface area contributed by atoms with E-state index in [1.54, 1.807) is 27.7 Å². The lowest BCUT2D eigenvalue weighted by Gasteiger charge is -2.35. The number of hydrogen-bond acceptors (Lipinski definition) is 7. The van der Waals surface area contributed by atoms with Crippen molar-refractivity contribution in [2.45, 2.75) is 59.8 Å². The van der Waals surface area contributed by atoms with Gasteiger partial charge in [0.25, 0.3) is 5.19 Å². The van der Waals surface area contributed by atoms with Crippen molar-refractivity contribution in [1.29, 1.82) is 0 Å². The number of methoxy groups -OCH3 is 1. The number of aliphatic carboxylic acids is 1. The fourth-order valence-corrected chi connectivity index (χ4v) is 6.70. The molecule has 10 heteroatoms. The summed E-state index contributed by atoms with van der Waals surface area (Å²) in [6, 6.07) is 7.83. The van der Waals surface area contributed by atoms with E-state index in [1.807, 2.05) is 38.1 Å². The SMILES string of the molecule is COc1nc2c(s1)CN(S(C)(=O)=O)c1c(C)c([C@H](OC(C)(C)C)C(=O)O)c(-c3ccc(C)cc3)c(C)c1-2. The molecule has 0 spiro atoms. The molecule has 1 aliphatic heterocycles. The lowest BCUT2D eigenvalue weighted by molar-refractivity contribution is -0.160. The molecule has 4 rings (SSSR count). The van der Waals surface area contributed by atoms with Gasteiger partial charge in [0.1, 0.15) is 0 Å². The highest BCUT2D eigenvalue weighted by Gasteiger charge is 2.39. The van der Waals surface area contributed by atoms with Crippen molar-refractivity contribution in [2.75, 3.05) is 17.7 Å². The van der Waals surface area contributed by atoms with Crippen molar-refractivity contribution < 1.29 is 27.8 Å². The Balaban J connectivity index is 2.19. The fraction of sp³-hybridized carbons (Fsp3) is 0.407. The number of nitrogens with zero attached hydrogens (tertiary/aromatic N) is 2. The van der Waals surface area contributed by atoms with Crippen molar-refractivity contribution in [2.24, 2.45) is 0 Å². The van der Waals surface area contributed by atoms with Crippen LogP contribution in [-0.2, 0) is 26.1 Å². The number of sulfonamides is 1. The van der Waals surface area contributed by atoms with Crippen LogP contribution in [0.1, 0.15) is 54.0 Å². The number of rotatable bonds is 6. The van der Waals surface area contributed by atoms with Gasteiger partial charge in [-0.05, 0) is 63.8 Å². The fourth-order valence-electron chi connectivity index (χ4n) is 4.83. The number of aryl methyl sites for hydroxylation is 1. The second-order valence-electron chi connectivity index (χ2n) is 10.3. The number of thiazole rings is 1. The number of anilines is 1. The Bertz CT molecular complexity index is 1480. The quantitative estimate of drug-likeness (QED) is 0.429. The average molecular weight is 545 g/mol. The first kappa shape index (κ1) is 27.1. The van der Waals surface area contributed by atoms with E-state index in [4.69, 9.17) is 9.47 Å². The molecule has 198 valence electrons. The van der Waals surface area contributed by atoms with Gasteiger partial charge in [0.05, 0.1) is 41.8 Å².